The van der Waals surface area contributed by atoms with Gasteiger partial charge in [0.25, 0.3) is 0 Å². The first-order chi connectivity index (χ1) is 13.8. The zero-order chi connectivity index (χ0) is 21.0. The Bertz CT molecular complexity index is 883. The van der Waals surface area contributed by atoms with Crippen LogP contribution in [0.1, 0.15) is 41.5 Å². The number of amides is 2. The van der Waals surface area contributed by atoms with E-state index >= 15 is 0 Å². The molecule has 154 valence electrons. The molecule has 0 spiro atoms. The number of anilines is 2. The predicted molar refractivity (Wildman–Crippen MR) is 118 cm³/mol. The van der Waals surface area contributed by atoms with Gasteiger partial charge in [-0.25, -0.2) is 0 Å². The van der Waals surface area contributed by atoms with E-state index in [1.54, 1.807) is 0 Å². The highest BCUT2D eigenvalue weighted by Crippen LogP contribution is 2.27. The molecule has 0 aliphatic heterocycles. The first-order valence-electron chi connectivity index (χ1n) is 10.3. The second-order valence-corrected chi connectivity index (χ2v) is 8.13. The molecule has 0 aromatic heterocycles. The summed E-state index contributed by atoms with van der Waals surface area (Å²) in [6.45, 7) is 8.93. The van der Waals surface area contributed by atoms with E-state index in [2.05, 4.69) is 21.6 Å². The van der Waals surface area contributed by atoms with Crippen molar-refractivity contribution in [1.29, 1.82) is 0 Å². The maximum Gasteiger partial charge on any atom is 0.238 e. The van der Waals surface area contributed by atoms with Crippen molar-refractivity contribution in [3.63, 3.8) is 0 Å². The van der Waals surface area contributed by atoms with Crippen LogP contribution in [0.25, 0.3) is 0 Å². The number of para-hydroxylation sites is 1. The van der Waals surface area contributed by atoms with Gasteiger partial charge in [0.15, 0.2) is 0 Å². The maximum absolute atomic E-state index is 12.6. The lowest BCUT2D eigenvalue weighted by Gasteiger charge is -2.22. The van der Waals surface area contributed by atoms with Gasteiger partial charge in [0, 0.05) is 30.4 Å². The van der Waals surface area contributed by atoms with E-state index in [0.717, 1.165) is 40.9 Å². The summed E-state index contributed by atoms with van der Waals surface area (Å²) in [6.07, 6.45) is 2.56. The Morgan fingerprint density at radius 2 is 1.62 bits per heavy atom. The van der Waals surface area contributed by atoms with E-state index < -0.39 is 0 Å². The van der Waals surface area contributed by atoms with Crippen LogP contribution in [0, 0.1) is 27.7 Å². The highest BCUT2D eigenvalue weighted by atomic mass is 16.2. The molecule has 2 aromatic rings. The lowest BCUT2D eigenvalue weighted by atomic mass is 10.1. The van der Waals surface area contributed by atoms with Crippen molar-refractivity contribution in [2.45, 2.75) is 53.0 Å². The third-order valence-corrected chi connectivity index (χ3v) is 5.44. The van der Waals surface area contributed by atoms with Gasteiger partial charge >= 0.3 is 0 Å². The van der Waals surface area contributed by atoms with Crippen LogP contribution in [-0.4, -0.2) is 35.8 Å². The molecule has 5 heteroatoms. The highest BCUT2D eigenvalue weighted by Gasteiger charge is 2.30. The van der Waals surface area contributed by atoms with Crippen molar-refractivity contribution in [1.82, 2.24) is 4.90 Å². The second kappa shape index (κ2) is 9.23. The first kappa shape index (κ1) is 21.1. The van der Waals surface area contributed by atoms with Crippen LogP contribution in [0.5, 0.6) is 0 Å². The fourth-order valence-corrected chi connectivity index (χ4v) is 3.62. The molecular formula is C24H31N3O2. The molecular weight excluding hydrogens is 362 g/mol. The number of benzene rings is 2. The Kier molecular flexibility index (Phi) is 6.70. The number of rotatable bonds is 8. The molecule has 1 aliphatic rings. The molecule has 3 rings (SSSR count). The normalized spacial score (nSPS) is 13.4. The van der Waals surface area contributed by atoms with Crippen LogP contribution in [0.15, 0.2) is 36.4 Å². The van der Waals surface area contributed by atoms with Crippen LogP contribution in [0.3, 0.4) is 0 Å². The predicted octanol–water partition coefficient (Wildman–Crippen LogP) is 4.35. The molecule has 5 nitrogen and oxygen atoms in total. The summed E-state index contributed by atoms with van der Waals surface area (Å²) in [6, 6.07) is 12.4. The standard InChI is InChI=1S/C24H31N3O2/c1-16-8-11-21(19(4)14-16)25-22(28)12-13-27(20-9-10-20)15-23(29)26-24-17(2)6-5-7-18(24)3/h5-8,11,14,20H,9-10,12-13,15H2,1-4H3,(H,25,28)(H,26,29). The number of hydrogen-bond acceptors (Lipinski definition) is 3. The minimum atomic E-state index is -0.0240. The summed E-state index contributed by atoms with van der Waals surface area (Å²) in [4.78, 5) is 27.2. The van der Waals surface area contributed by atoms with E-state index in [-0.39, 0.29) is 11.8 Å². The molecule has 0 bridgehead atoms. The van der Waals surface area contributed by atoms with Crippen LogP contribution in [-0.2, 0) is 9.59 Å². The molecule has 1 aliphatic carbocycles. The summed E-state index contributed by atoms with van der Waals surface area (Å²) in [5, 5.41) is 6.04. The van der Waals surface area contributed by atoms with Crippen molar-refractivity contribution in [3.8, 4) is 0 Å². The molecule has 0 saturated heterocycles. The fraction of sp³-hybridized carbons (Fsp3) is 0.417. The topological polar surface area (TPSA) is 61.4 Å². The van der Waals surface area contributed by atoms with Crippen LogP contribution in [0.2, 0.25) is 0 Å². The van der Waals surface area contributed by atoms with Gasteiger partial charge in [0.1, 0.15) is 0 Å². The number of carbonyl (C=O) groups excluding carboxylic acids is 2. The molecule has 2 aromatic carbocycles. The van der Waals surface area contributed by atoms with Gasteiger partial charge in [-0.1, -0.05) is 35.9 Å². The van der Waals surface area contributed by atoms with Gasteiger partial charge in [-0.15, -0.1) is 0 Å². The molecule has 1 fully saturated rings. The second-order valence-electron chi connectivity index (χ2n) is 8.13. The quantitative estimate of drug-likeness (QED) is 0.701. The number of hydrogen-bond donors (Lipinski definition) is 2. The Balaban J connectivity index is 1.53. The molecule has 0 radical (unpaired) electrons. The van der Waals surface area contributed by atoms with E-state index in [4.69, 9.17) is 0 Å². The Morgan fingerprint density at radius 3 is 2.24 bits per heavy atom. The van der Waals surface area contributed by atoms with Gasteiger partial charge in [0.05, 0.1) is 6.54 Å². The maximum atomic E-state index is 12.6. The van der Waals surface area contributed by atoms with Crippen molar-refractivity contribution >= 4 is 23.2 Å². The Hall–Kier alpha value is -2.66. The van der Waals surface area contributed by atoms with E-state index in [0.29, 0.717) is 25.6 Å². The minimum Gasteiger partial charge on any atom is -0.326 e. The first-order valence-corrected chi connectivity index (χ1v) is 10.3. The van der Waals surface area contributed by atoms with Gasteiger partial charge in [-0.05, 0) is 63.3 Å². The average Bonchev–Trinajstić information content (AvgIpc) is 3.49. The third kappa shape index (κ3) is 5.91. The number of nitrogens with zero attached hydrogens (tertiary/aromatic N) is 1. The van der Waals surface area contributed by atoms with E-state index in [9.17, 15) is 9.59 Å². The summed E-state index contributed by atoms with van der Waals surface area (Å²) in [5.74, 6) is -0.0400. The van der Waals surface area contributed by atoms with Crippen LogP contribution >= 0.6 is 0 Å². The van der Waals surface area contributed by atoms with Gasteiger partial charge in [0.2, 0.25) is 11.8 Å². The smallest absolute Gasteiger partial charge is 0.238 e. The molecule has 0 atom stereocenters. The van der Waals surface area contributed by atoms with Crippen LogP contribution < -0.4 is 10.6 Å². The molecule has 2 amide bonds. The summed E-state index contributed by atoms with van der Waals surface area (Å²) in [5.41, 5.74) is 6.10. The molecule has 0 unspecified atom stereocenters. The lowest BCUT2D eigenvalue weighted by molar-refractivity contribution is -0.119. The fourth-order valence-electron chi connectivity index (χ4n) is 3.62. The molecule has 1 saturated carbocycles. The third-order valence-electron chi connectivity index (χ3n) is 5.44. The van der Waals surface area contributed by atoms with Gasteiger partial charge in [-0.2, -0.15) is 0 Å². The van der Waals surface area contributed by atoms with Crippen molar-refractivity contribution in [2.24, 2.45) is 0 Å². The molecule has 29 heavy (non-hydrogen) atoms. The largest absolute Gasteiger partial charge is 0.326 e. The van der Waals surface area contributed by atoms with Gasteiger partial charge in [-0.3, -0.25) is 14.5 Å². The van der Waals surface area contributed by atoms with Crippen molar-refractivity contribution in [2.75, 3.05) is 23.7 Å². The number of aryl methyl sites for hydroxylation is 4. The van der Waals surface area contributed by atoms with E-state index in [1.165, 1.54) is 5.56 Å². The number of carbonyl (C=O) groups is 2. The Morgan fingerprint density at radius 1 is 0.931 bits per heavy atom. The molecule has 2 N–H and O–H groups in total. The highest BCUT2D eigenvalue weighted by molar-refractivity contribution is 5.94. The zero-order valence-corrected chi connectivity index (χ0v) is 17.8. The summed E-state index contributed by atoms with van der Waals surface area (Å²) < 4.78 is 0. The SMILES string of the molecule is Cc1ccc(NC(=O)CCN(CC(=O)Nc2c(C)cccc2C)C2CC2)c(C)c1. The lowest BCUT2D eigenvalue weighted by Crippen LogP contribution is -2.37. The van der Waals surface area contributed by atoms with Crippen molar-refractivity contribution in [3.05, 3.63) is 58.7 Å². The van der Waals surface area contributed by atoms with Crippen LogP contribution in [0.4, 0.5) is 11.4 Å². The monoisotopic (exact) mass is 393 g/mol. The Labute approximate surface area is 173 Å². The summed E-state index contributed by atoms with van der Waals surface area (Å²) in [7, 11) is 0. The number of nitrogens with one attached hydrogen (secondary N) is 2. The average molecular weight is 394 g/mol. The molecule has 0 heterocycles. The van der Waals surface area contributed by atoms with Gasteiger partial charge < -0.3 is 10.6 Å². The van der Waals surface area contributed by atoms with E-state index in [1.807, 2.05) is 58.0 Å². The zero-order valence-electron chi connectivity index (χ0n) is 17.8. The minimum absolute atomic E-state index is 0.0160. The van der Waals surface area contributed by atoms with Crippen molar-refractivity contribution < 1.29 is 9.59 Å². The summed E-state index contributed by atoms with van der Waals surface area (Å²) >= 11 is 0.